The molecule has 3 atom stereocenters. The average Bonchev–Trinajstić information content (AvgIpc) is 2.47. The zero-order valence-corrected chi connectivity index (χ0v) is 14.8. The molecule has 1 aliphatic rings. The van der Waals surface area contributed by atoms with Crippen molar-refractivity contribution < 1.29 is 14.6 Å². The predicted octanol–water partition coefficient (Wildman–Crippen LogP) is 3.07. The van der Waals surface area contributed by atoms with Crippen LogP contribution in [0.2, 0.25) is 5.02 Å². The minimum absolute atomic E-state index is 0.350. The van der Waals surface area contributed by atoms with Gasteiger partial charge in [0.1, 0.15) is 12.4 Å². The Morgan fingerprint density at radius 1 is 1.17 bits per heavy atom. The monoisotopic (exact) mass is 341 g/mol. The van der Waals surface area contributed by atoms with E-state index in [0.29, 0.717) is 43.2 Å². The maximum atomic E-state index is 10.1. The van der Waals surface area contributed by atoms with Crippen LogP contribution in [0.4, 0.5) is 0 Å². The maximum Gasteiger partial charge on any atom is 0.119 e. The Morgan fingerprint density at radius 3 is 2.48 bits per heavy atom. The number of β-amino-alcohol motifs (C(OH)–C–C–N with tert-alkyl or cyclic N) is 1. The fourth-order valence-electron chi connectivity index (χ4n) is 3.26. The highest BCUT2D eigenvalue weighted by atomic mass is 35.5. The minimum atomic E-state index is -0.442. The van der Waals surface area contributed by atoms with E-state index in [1.54, 1.807) is 12.1 Å². The van der Waals surface area contributed by atoms with Gasteiger partial charge in [0, 0.05) is 24.7 Å². The van der Waals surface area contributed by atoms with Gasteiger partial charge in [-0.1, -0.05) is 25.4 Å². The fourth-order valence-corrected chi connectivity index (χ4v) is 3.39. The van der Waals surface area contributed by atoms with Crippen molar-refractivity contribution in [1.29, 1.82) is 0 Å². The van der Waals surface area contributed by atoms with E-state index in [9.17, 15) is 5.11 Å². The molecular formula is C18H28ClNO3. The van der Waals surface area contributed by atoms with E-state index in [1.165, 1.54) is 6.42 Å². The molecule has 2 rings (SSSR count). The Kier molecular flexibility index (Phi) is 7.63. The highest BCUT2D eigenvalue weighted by molar-refractivity contribution is 6.30. The van der Waals surface area contributed by atoms with Crippen LogP contribution in [-0.4, -0.2) is 55.6 Å². The summed E-state index contributed by atoms with van der Waals surface area (Å²) in [5.74, 6) is 2.19. The molecule has 4 nitrogen and oxygen atoms in total. The summed E-state index contributed by atoms with van der Waals surface area (Å²) in [7, 11) is 0. The smallest absolute Gasteiger partial charge is 0.119 e. The summed E-state index contributed by atoms with van der Waals surface area (Å²) in [4.78, 5) is 2.34. The van der Waals surface area contributed by atoms with E-state index in [4.69, 9.17) is 21.1 Å². The summed E-state index contributed by atoms with van der Waals surface area (Å²) in [5, 5.41) is 10.8. The number of benzene rings is 1. The van der Waals surface area contributed by atoms with Gasteiger partial charge in [-0.25, -0.2) is 0 Å². The molecule has 0 bridgehead atoms. The van der Waals surface area contributed by atoms with Gasteiger partial charge < -0.3 is 19.5 Å². The van der Waals surface area contributed by atoms with Crippen molar-refractivity contribution in [2.24, 2.45) is 11.8 Å². The van der Waals surface area contributed by atoms with Crippen LogP contribution in [0.1, 0.15) is 20.3 Å². The number of hydrogen-bond acceptors (Lipinski definition) is 4. The van der Waals surface area contributed by atoms with Crippen molar-refractivity contribution in [1.82, 2.24) is 4.90 Å². The van der Waals surface area contributed by atoms with Gasteiger partial charge in [0.25, 0.3) is 0 Å². The van der Waals surface area contributed by atoms with Crippen LogP contribution < -0.4 is 4.74 Å². The maximum absolute atomic E-state index is 10.1. The molecule has 1 aromatic carbocycles. The third kappa shape index (κ3) is 7.08. The van der Waals surface area contributed by atoms with E-state index in [-0.39, 0.29) is 0 Å². The first kappa shape index (κ1) is 18.5. The summed E-state index contributed by atoms with van der Waals surface area (Å²) in [6, 6.07) is 7.25. The molecule has 23 heavy (non-hydrogen) atoms. The first-order chi connectivity index (χ1) is 11.0. The number of halogens is 1. The third-order valence-electron chi connectivity index (χ3n) is 4.03. The quantitative estimate of drug-likeness (QED) is 0.738. The van der Waals surface area contributed by atoms with Gasteiger partial charge in [-0.15, -0.1) is 0 Å². The lowest BCUT2D eigenvalue weighted by Crippen LogP contribution is -2.43. The van der Waals surface area contributed by atoms with Crippen LogP contribution in [0.25, 0.3) is 0 Å². The van der Waals surface area contributed by atoms with Gasteiger partial charge in [0.2, 0.25) is 0 Å². The second-order valence-corrected chi connectivity index (χ2v) is 7.13. The second kappa shape index (κ2) is 9.48. The number of hydrogen-bond donors (Lipinski definition) is 1. The summed E-state index contributed by atoms with van der Waals surface area (Å²) in [5.41, 5.74) is 0. The number of likely N-dealkylation sites (tertiary alicyclic amines) is 1. The first-order valence-electron chi connectivity index (χ1n) is 8.39. The van der Waals surface area contributed by atoms with Crippen molar-refractivity contribution >= 4 is 11.6 Å². The van der Waals surface area contributed by atoms with Crippen molar-refractivity contribution in [3.05, 3.63) is 29.3 Å². The molecular weight excluding hydrogens is 314 g/mol. The van der Waals surface area contributed by atoms with Crippen LogP contribution in [0, 0.1) is 11.8 Å². The van der Waals surface area contributed by atoms with Gasteiger partial charge in [0.05, 0.1) is 19.3 Å². The van der Waals surface area contributed by atoms with Gasteiger partial charge in [-0.3, -0.25) is 0 Å². The van der Waals surface area contributed by atoms with Crippen LogP contribution >= 0.6 is 11.6 Å². The number of aliphatic hydroxyl groups excluding tert-OH is 1. The molecule has 0 radical (unpaired) electrons. The second-order valence-electron chi connectivity index (χ2n) is 6.70. The summed E-state index contributed by atoms with van der Waals surface area (Å²) in [6.07, 6.45) is 0.841. The lowest BCUT2D eigenvalue weighted by atomic mass is 9.92. The van der Waals surface area contributed by atoms with E-state index >= 15 is 0 Å². The number of ether oxygens (including phenoxy) is 2. The van der Waals surface area contributed by atoms with E-state index in [1.807, 2.05) is 12.1 Å². The molecule has 1 saturated heterocycles. The summed E-state index contributed by atoms with van der Waals surface area (Å²) in [6.45, 7) is 8.66. The molecule has 1 heterocycles. The fraction of sp³-hybridized carbons (Fsp3) is 0.667. The van der Waals surface area contributed by atoms with Gasteiger partial charge in [-0.05, 0) is 42.5 Å². The average molecular weight is 342 g/mol. The molecule has 0 saturated carbocycles. The molecule has 130 valence electrons. The molecule has 0 spiro atoms. The standard InChI is InChI=1S/C18H28ClNO3/c1-14-9-15(2)11-20(10-14)12-17(21)13-22-7-8-23-18-5-3-16(19)4-6-18/h3-6,14-15,17,21H,7-13H2,1-2H3/t14-,15+,17-/m1/s1. The molecule has 0 aromatic heterocycles. The lowest BCUT2D eigenvalue weighted by molar-refractivity contribution is -0.00211. The Labute approximate surface area is 144 Å². The first-order valence-corrected chi connectivity index (χ1v) is 8.77. The topological polar surface area (TPSA) is 41.9 Å². The van der Waals surface area contributed by atoms with Crippen molar-refractivity contribution in [3.63, 3.8) is 0 Å². The zero-order chi connectivity index (χ0) is 16.7. The molecule has 0 unspecified atom stereocenters. The molecule has 0 aliphatic carbocycles. The van der Waals surface area contributed by atoms with E-state index < -0.39 is 6.10 Å². The van der Waals surface area contributed by atoms with Crippen molar-refractivity contribution in [2.45, 2.75) is 26.4 Å². The number of piperidine rings is 1. The Bertz CT molecular complexity index is 444. The molecule has 5 heteroatoms. The van der Waals surface area contributed by atoms with Crippen molar-refractivity contribution in [2.75, 3.05) is 39.5 Å². The Hall–Kier alpha value is -0.810. The lowest BCUT2D eigenvalue weighted by Gasteiger charge is -2.35. The number of aliphatic hydroxyl groups is 1. The Balaban J connectivity index is 1.56. The van der Waals surface area contributed by atoms with Crippen LogP contribution in [0.3, 0.4) is 0 Å². The minimum Gasteiger partial charge on any atom is -0.491 e. The Morgan fingerprint density at radius 2 is 1.83 bits per heavy atom. The molecule has 1 aliphatic heterocycles. The van der Waals surface area contributed by atoms with Gasteiger partial charge in [-0.2, -0.15) is 0 Å². The highest BCUT2D eigenvalue weighted by Gasteiger charge is 2.23. The van der Waals surface area contributed by atoms with E-state index in [2.05, 4.69) is 18.7 Å². The molecule has 1 aromatic rings. The predicted molar refractivity (Wildman–Crippen MR) is 93.2 cm³/mol. The largest absolute Gasteiger partial charge is 0.491 e. The van der Waals surface area contributed by atoms with Gasteiger partial charge in [0.15, 0.2) is 0 Å². The SMILES string of the molecule is C[C@@H]1C[C@H](C)CN(C[C@@H](O)COCCOc2ccc(Cl)cc2)C1. The summed E-state index contributed by atoms with van der Waals surface area (Å²) < 4.78 is 11.1. The third-order valence-corrected chi connectivity index (χ3v) is 4.29. The van der Waals surface area contributed by atoms with Gasteiger partial charge >= 0.3 is 0 Å². The van der Waals surface area contributed by atoms with E-state index in [0.717, 1.165) is 18.8 Å². The van der Waals surface area contributed by atoms with Crippen LogP contribution in [-0.2, 0) is 4.74 Å². The number of rotatable bonds is 8. The van der Waals surface area contributed by atoms with Crippen LogP contribution in [0.5, 0.6) is 5.75 Å². The zero-order valence-electron chi connectivity index (χ0n) is 14.1. The molecule has 1 N–H and O–H groups in total. The molecule has 1 fully saturated rings. The van der Waals surface area contributed by atoms with Crippen LogP contribution in [0.15, 0.2) is 24.3 Å². The number of nitrogens with zero attached hydrogens (tertiary/aromatic N) is 1. The highest BCUT2D eigenvalue weighted by Crippen LogP contribution is 2.21. The van der Waals surface area contributed by atoms with Crippen molar-refractivity contribution in [3.8, 4) is 5.75 Å². The summed E-state index contributed by atoms with van der Waals surface area (Å²) >= 11 is 5.82. The molecule has 0 amide bonds. The normalized spacial score (nSPS) is 23.7.